The molecule has 5 heteroatoms. The molecule has 0 amide bonds. The molecule has 1 aromatic heterocycles. The molecule has 0 radical (unpaired) electrons. The van der Waals surface area contributed by atoms with E-state index in [1.54, 1.807) is 12.1 Å². The van der Waals surface area contributed by atoms with Gasteiger partial charge in [0.1, 0.15) is 5.82 Å². The fourth-order valence-corrected chi connectivity index (χ4v) is 2.80. The quantitative estimate of drug-likeness (QED) is 0.520. The number of aromatic nitrogens is 1. The number of fused-ring (bicyclic) bond motifs is 1. The van der Waals surface area contributed by atoms with E-state index in [0.717, 1.165) is 34.9 Å². The molecule has 0 aliphatic rings. The molecule has 3 aromatic rings. The lowest BCUT2D eigenvalue weighted by molar-refractivity contribution is -0.142. The summed E-state index contributed by atoms with van der Waals surface area (Å²) in [6, 6.07) is 11.6. The first-order valence-electron chi connectivity index (χ1n) is 7.77. The first-order valence-corrected chi connectivity index (χ1v) is 8.15. The van der Waals surface area contributed by atoms with E-state index in [0.29, 0.717) is 11.6 Å². The molecule has 0 spiro atoms. The summed E-state index contributed by atoms with van der Waals surface area (Å²) in [6.07, 6.45) is 3.64. The van der Waals surface area contributed by atoms with Gasteiger partial charge in [-0.25, -0.2) is 4.39 Å². The summed E-state index contributed by atoms with van der Waals surface area (Å²) in [5.74, 6) is -0.616. The number of ether oxygens (including phenoxy) is 1. The normalized spacial score (nSPS) is 10.9. The maximum Gasteiger partial charge on any atom is 0.310 e. The van der Waals surface area contributed by atoms with Gasteiger partial charge in [-0.3, -0.25) is 4.79 Å². The summed E-state index contributed by atoms with van der Waals surface area (Å²) in [6.45, 7) is 0.354. The van der Waals surface area contributed by atoms with Crippen molar-refractivity contribution >= 4 is 28.5 Å². The smallest absolute Gasteiger partial charge is 0.310 e. The zero-order chi connectivity index (χ0) is 16.9. The standard InChI is InChI=1S/C19H17ClFNO2/c20-15-5-8-18-17(11-15)14(12-22-18)2-1-9-24-19(23)10-13-3-6-16(21)7-4-13/h3-8,11-12,22H,1-2,9-10H2. The Hall–Kier alpha value is -2.33. The number of hydrogen-bond acceptors (Lipinski definition) is 2. The minimum atomic E-state index is -0.314. The first kappa shape index (κ1) is 16.5. The highest BCUT2D eigenvalue weighted by atomic mass is 35.5. The summed E-state index contributed by atoms with van der Waals surface area (Å²) < 4.78 is 18.1. The highest BCUT2D eigenvalue weighted by Gasteiger charge is 2.07. The number of rotatable bonds is 6. The Labute approximate surface area is 144 Å². The van der Waals surface area contributed by atoms with E-state index in [-0.39, 0.29) is 18.2 Å². The van der Waals surface area contributed by atoms with Gasteiger partial charge in [-0.1, -0.05) is 23.7 Å². The SMILES string of the molecule is O=C(Cc1ccc(F)cc1)OCCCc1c[nH]c2ccc(Cl)cc12. The molecule has 124 valence electrons. The molecule has 0 aliphatic heterocycles. The molecule has 0 bridgehead atoms. The van der Waals surface area contributed by atoms with Crippen molar-refractivity contribution in [2.45, 2.75) is 19.3 Å². The van der Waals surface area contributed by atoms with Crippen molar-refractivity contribution in [2.24, 2.45) is 0 Å². The van der Waals surface area contributed by atoms with Gasteiger partial charge in [0.2, 0.25) is 0 Å². The number of nitrogens with one attached hydrogen (secondary N) is 1. The highest BCUT2D eigenvalue weighted by Crippen LogP contribution is 2.23. The fourth-order valence-electron chi connectivity index (χ4n) is 2.63. The van der Waals surface area contributed by atoms with Crippen LogP contribution in [0.4, 0.5) is 4.39 Å². The molecule has 0 saturated carbocycles. The minimum Gasteiger partial charge on any atom is -0.465 e. The van der Waals surface area contributed by atoms with Crippen LogP contribution >= 0.6 is 11.6 Å². The molecule has 24 heavy (non-hydrogen) atoms. The van der Waals surface area contributed by atoms with Gasteiger partial charge in [0, 0.05) is 22.1 Å². The van der Waals surface area contributed by atoms with E-state index in [1.165, 1.54) is 12.1 Å². The maximum atomic E-state index is 12.8. The number of carbonyl (C=O) groups excluding carboxylic acids is 1. The first-order chi connectivity index (χ1) is 11.6. The van der Waals surface area contributed by atoms with Crippen LogP contribution in [0.3, 0.4) is 0 Å². The van der Waals surface area contributed by atoms with Gasteiger partial charge in [-0.2, -0.15) is 0 Å². The number of halogens is 2. The van der Waals surface area contributed by atoms with Crippen LogP contribution in [0.1, 0.15) is 17.5 Å². The van der Waals surface area contributed by atoms with Gasteiger partial charge in [-0.05, 0) is 54.3 Å². The average Bonchev–Trinajstić information content (AvgIpc) is 2.96. The summed E-state index contributed by atoms with van der Waals surface area (Å²) in [5, 5.41) is 1.80. The van der Waals surface area contributed by atoms with Crippen molar-refractivity contribution in [1.82, 2.24) is 4.98 Å². The molecule has 0 fully saturated rings. The topological polar surface area (TPSA) is 42.1 Å². The lowest BCUT2D eigenvalue weighted by atomic mass is 10.1. The molecule has 1 heterocycles. The predicted octanol–water partition coefficient (Wildman–Crippen LogP) is 4.68. The zero-order valence-corrected chi connectivity index (χ0v) is 13.8. The lowest BCUT2D eigenvalue weighted by Gasteiger charge is -2.05. The second-order valence-electron chi connectivity index (χ2n) is 5.63. The van der Waals surface area contributed by atoms with E-state index in [4.69, 9.17) is 16.3 Å². The van der Waals surface area contributed by atoms with Gasteiger partial charge >= 0.3 is 5.97 Å². The maximum absolute atomic E-state index is 12.8. The van der Waals surface area contributed by atoms with Gasteiger partial charge < -0.3 is 9.72 Å². The Kier molecular flexibility index (Phi) is 5.16. The molecule has 1 N–H and O–H groups in total. The summed E-state index contributed by atoms with van der Waals surface area (Å²) in [4.78, 5) is 15.0. The van der Waals surface area contributed by atoms with Crippen LogP contribution in [0.2, 0.25) is 5.02 Å². The lowest BCUT2D eigenvalue weighted by Crippen LogP contribution is -2.09. The van der Waals surface area contributed by atoms with E-state index >= 15 is 0 Å². The van der Waals surface area contributed by atoms with Crippen LogP contribution in [0.5, 0.6) is 0 Å². The number of carbonyl (C=O) groups is 1. The fraction of sp³-hybridized carbons (Fsp3) is 0.211. The number of benzene rings is 2. The van der Waals surface area contributed by atoms with Crippen LogP contribution in [-0.2, 0) is 22.4 Å². The molecule has 0 saturated heterocycles. The zero-order valence-electron chi connectivity index (χ0n) is 13.0. The largest absolute Gasteiger partial charge is 0.465 e. The van der Waals surface area contributed by atoms with Crippen LogP contribution < -0.4 is 0 Å². The van der Waals surface area contributed by atoms with Crippen molar-refractivity contribution in [3.05, 3.63) is 70.6 Å². The minimum absolute atomic E-state index is 0.156. The molecule has 0 unspecified atom stereocenters. The van der Waals surface area contributed by atoms with E-state index in [1.807, 2.05) is 24.4 Å². The van der Waals surface area contributed by atoms with Crippen molar-refractivity contribution in [1.29, 1.82) is 0 Å². The van der Waals surface area contributed by atoms with Crippen molar-refractivity contribution in [2.75, 3.05) is 6.61 Å². The Morgan fingerprint density at radius 2 is 1.96 bits per heavy atom. The molecular formula is C19H17ClFNO2. The number of aryl methyl sites for hydroxylation is 1. The molecular weight excluding hydrogens is 329 g/mol. The van der Waals surface area contributed by atoms with Crippen LogP contribution in [0, 0.1) is 5.82 Å². The van der Waals surface area contributed by atoms with Gasteiger partial charge in [-0.15, -0.1) is 0 Å². The van der Waals surface area contributed by atoms with E-state index < -0.39 is 0 Å². The summed E-state index contributed by atoms with van der Waals surface area (Å²) >= 11 is 6.03. The Morgan fingerprint density at radius 1 is 1.17 bits per heavy atom. The number of hydrogen-bond donors (Lipinski definition) is 1. The van der Waals surface area contributed by atoms with Crippen LogP contribution in [0.15, 0.2) is 48.7 Å². The highest BCUT2D eigenvalue weighted by molar-refractivity contribution is 6.31. The van der Waals surface area contributed by atoms with Crippen molar-refractivity contribution in [3.8, 4) is 0 Å². The molecule has 3 rings (SSSR count). The number of aromatic amines is 1. The van der Waals surface area contributed by atoms with Crippen molar-refractivity contribution in [3.63, 3.8) is 0 Å². The van der Waals surface area contributed by atoms with Crippen LogP contribution in [0.25, 0.3) is 10.9 Å². The summed E-state index contributed by atoms with van der Waals surface area (Å²) in [5.41, 5.74) is 2.94. The van der Waals surface area contributed by atoms with Crippen molar-refractivity contribution < 1.29 is 13.9 Å². The van der Waals surface area contributed by atoms with Crippen LogP contribution in [-0.4, -0.2) is 17.6 Å². The Balaban J connectivity index is 1.47. The van der Waals surface area contributed by atoms with E-state index in [2.05, 4.69) is 4.98 Å². The Morgan fingerprint density at radius 3 is 2.75 bits per heavy atom. The van der Waals surface area contributed by atoms with E-state index in [9.17, 15) is 9.18 Å². The van der Waals surface area contributed by atoms with Gasteiger partial charge in [0.15, 0.2) is 0 Å². The predicted molar refractivity (Wildman–Crippen MR) is 92.7 cm³/mol. The number of esters is 1. The summed E-state index contributed by atoms with van der Waals surface area (Å²) in [7, 11) is 0. The third-order valence-corrected chi connectivity index (χ3v) is 4.08. The Bertz CT molecular complexity index is 842. The van der Waals surface area contributed by atoms with Gasteiger partial charge in [0.05, 0.1) is 13.0 Å². The molecule has 0 aliphatic carbocycles. The third kappa shape index (κ3) is 4.15. The second-order valence-corrected chi connectivity index (χ2v) is 6.07. The second kappa shape index (κ2) is 7.49. The number of H-pyrrole nitrogens is 1. The molecule has 2 aromatic carbocycles. The molecule has 0 atom stereocenters. The monoisotopic (exact) mass is 345 g/mol. The molecule has 3 nitrogen and oxygen atoms in total. The third-order valence-electron chi connectivity index (χ3n) is 3.84. The average molecular weight is 346 g/mol. The van der Waals surface area contributed by atoms with Gasteiger partial charge in [0.25, 0.3) is 0 Å².